The average molecular weight is 379 g/mol. The van der Waals surface area contributed by atoms with E-state index < -0.39 is 9.84 Å². The van der Waals surface area contributed by atoms with Gasteiger partial charge in [-0.15, -0.1) is 0 Å². The Bertz CT molecular complexity index is 950. The first-order chi connectivity index (χ1) is 12.0. The molecule has 2 aromatic heterocycles. The number of anilines is 1. The molecule has 0 saturated carbocycles. The maximum absolute atomic E-state index is 12.7. The number of hydrogen-bond acceptors (Lipinski definition) is 5. The summed E-state index contributed by atoms with van der Waals surface area (Å²) in [6.45, 7) is 9.79. The van der Waals surface area contributed by atoms with Crippen LogP contribution in [0.4, 0.5) is 5.82 Å². The lowest BCUT2D eigenvalue weighted by atomic mass is 10.1. The van der Waals surface area contributed by atoms with E-state index in [1.54, 1.807) is 16.8 Å². The van der Waals surface area contributed by atoms with Gasteiger partial charge in [-0.3, -0.25) is 9.48 Å². The third-order valence-corrected chi connectivity index (χ3v) is 6.16. The Morgan fingerprint density at radius 3 is 2.46 bits per heavy atom. The van der Waals surface area contributed by atoms with Gasteiger partial charge < -0.3 is 5.32 Å². The molecule has 3 heterocycles. The van der Waals surface area contributed by atoms with Gasteiger partial charge in [0.05, 0.1) is 28.8 Å². The van der Waals surface area contributed by atoms with E-state index in [1.165, 1.54) is 0 Å². The summed E-state index contributed by atoms with van der Waals surface area (Å²) in [4.78, 5) is 12.7. The second kappa shape index (κ2) is 6.22. The number of nitrogens with one attached hydrogen (secondary N) is 1. The number of aryl methyl sites for hydroxylation is 2. The fourth-order valence-corrected chi connectivity index (χ4v) is 4.99. The molecule has 9 heteroatoms. The van der Waals surface area contributed by atoms with Crippen LogP contribution in [0.25, 0.3) is 0 Å². The van der Waals surface area contributed by atoms with E-state index in [0.29, 0.717) is 17.9 Å². The summed E-state index contributed by atoms with van der Waals surface area (Å²) < 4.78 is 27.0. The zero-order valence-electron chi connectivity index (χ0n) is 15.8. The summed E-state index contributed by atoms with van der Waals surface area (Å²) in [7, 11) is -3.04. The number of amides is 1. The lowest BCUT2D eigenvalue weighted by molar-refractivity contribution is 0.101. The molecule has 1 aliphatic heterocycles. The molecule has 1 aliphatic rings. The van der Waals surface area contributed by atoms with Crippen molar-refractivity contribution in [2.45, 2.75) is 52.6 Å². The van der Waals surface area contributed by atoms with Crippen molar-refractivity contribution in [2.75, 3.05) is 16.8 Å². The Balaban J connectivity index is 1.85. The largest absolute Gasteiger partial charge is 0.305 e. The molecule has 0 bridgehead atoms. The third-order valence-electron chi connectivity index (χ3n) is 4.41. The van der Waals surface area contributed by atoms with E-state index in [9.17, 15) is 13.2 Å². The Hall–Kier alpha value is -2.16. The number of carbonyl (C=O) groups is 1. The minimum Gasteiger partial charge on any atom is -0.305 e. The number of rotatable bonds is 3. The lowest BCUT2D eigenvalue weighted by Gasteiger charge is -2.21. The molecule has 0 spiro atoms. The molecule has 0 radical (unpaired) electrons. The van der Waals surface area contributed by atoms with Gasteiger partial charge in [0.2, 0.25) is 0 Å². The molecule has 1 amide bonds. The van der Waals surface area contributed by atoms with Crippen molar-refractivity contribution in [2.24, 2.45) is 0 Å². The minimum absolute atomic E-state index is 0.0503. The van der Waals surface area contributed by atoms with E-state index in [4.69, 9.17) is 0 Å². The van der Waals surface area contributed by atoms with Crippen LogP contribution in [-0.4, -0.2) is 45.4 Å². The number of carbonyl (C=O) groups excluding carboxylic acids is 1. The number of sulfone groups is 1. The topological polar surface area (TPSA) is 98.9 Å². The van der Waals surface area contributed by atoms with Crippen LogP contribution in [-0.2, 0) is 15.4 Å². The highest BCUT2D eigenvalue weighted by molar-refractivity contribution is 7.91. The number of aromatic nitrogens is 4. The van der Waals surface area contributed by atoms with Crippen LogP contribution in [0, 0.1) is 13.8 Å². The van der Waals surface area contributed by atoms with Gasteiger partial charge in [-0.1, -0.05) is 0 Å². The van der Waals surface area contributed by atoms with Gasteiger partial charge in [0.25, 0.3) is 5.91 Å². The van der Waals surface area contributed by atoms with Crippen LogP contribution in [0.1, 0.15) is 55.1 Å². The molecule has 3 rings (SSSR count). The van der Waals surface area contributed by atoms with E-state index in [0.717, 1.165) is 11.4 Å². The van der Waals surface area contributed by atoms with E-state index in [2.05, 4.69) is 15.5 Å². The first-order valence-electron chi connectivity index (χ1n) is 8.61. The first kappa shape index (κ1) is 18.6. The summed E-state index contributed by atoms with van der Waals surface area (Å²) in [5.74, 6) is 0.365. The molecule has 1 saturated heterocycles. The monoisotopic (exact) mass is 379 g/mol. The van der Waals surface area contributed by atoms with Gasteiger partial charge in [-0.05, 0) is 47.1 Å². The molecule has 2 aromatic rings. The van der Waals surface area contributed by atoms with Crippen LogP contribution in [0.2, 0.25) is 0 Å². The fourth-order valence-electron chi connectivity index (χ4n) is 3.30. The summed E-state index contributed by atoms with van der Waals surface area (Å²) in [5, 5.41) is 11.6. The van der Waals surface area contributed by atoms with Crippen molar-refractivity contribution in [1.29, 1.82) is 0 Å². The van der Waals surface area contributed by atoms with E-state index >= 15 is 0 Å². The van der Waals surface area contributed by atoms with Gasteiger partial charge in [0.1, 0.15) is 5.82 Å². The molecule has 142 valence electrons. The Kier molecular flexibility index (Phi) is 4.46. The molecule has 1 fully saturated rings. The summed E-state index contributed by atoms with van der Waals surface area (Å²) >= 11 is 0. The zero-order valence-corrected chi connectivity index (χ0v) is 16.6. The van der Waals surface area contributed by atoms with Crippen molar-refractivity contribution >= 4 is 21.6 Å². The molecule has 1 unspecified atom stereocenters. The maximum atomic E-state index is 12.7. The van der Waals surface area contributed by atoms with Crippen molar-refractivity contribution < 1.29 is 13.2 Å². The van der Waals surface area contributed by atoms with Gasteiger partial charge >= 0.3 is 0 Å². The molecule has 0 aromatic carbocycles. The van der Waals surface area contributed by atoms with E-state index in [-0.39, 0.29) is 29.0 Å². The smallest absolute Gasteiger partial charge is 0.277 e. The fraction of sp³-hybridized carbons (Fsp3) is 0.588. The molecular formula is C17H25N5O3S. The first-order valence-corrected chi connectivity index (χ1v) is 10.4. The average Bonchev–Trinajstić information content (AvgIpc) is 3.15. The van der Waals surface area contributed by atoms with Gasteiger partial charge in [-0.25, -0.2) is 13.1 Å². The third kappa shape index (κ3) is 3.67. The molecule has 26 heavy (non-hydrogen) atoms. The summed E-state index contributed by atoms with van der Waals surface area (Å²) in [5.41, 5.74) is 1.72. The van der Waals surface area contributed by atoms with Crippen LogP contribution >= 0.6 is 0 Å². The molecule has 1 N–H and O–H groups in total. The van der Waals surface area contributed by atoms with Crippen LogP contribution < -0.4 is 5.32 Å². The van der Waals surface area contributed by atoms with Crippen LogP contribution in [0.3, 0.4) is 0 Å². The van der Waals surface area contributed by atoms with Gasteiger partial charge in [0, 0.05) is 11.8 Å². The van der Waals surface area contributed by atoms with E-state index in [1.807, 2.05) is 39.3 Å². The normalized spacial score (nSPS) is 19.7. The second-order valence-corrected chi connectivity index (χ2v) is 10.1. The molecule has 1 atom stereocenters. The Morgan fingerprint density at radius 1 is 1.23 bits per heavy atom. The number of hydrogen-bond donors (Lipinski definition) is 1. The standard InChI is InChI=1S/C17H25N5O3S/c1-11-8-15(21(19-11)13-6-7-26(24,25)10-13)18-16(23)14-9-12(2)22(20-14)17(3,4)5/h8-9,13H,6-7,10H2,1-5H3,(H,18,23). The highest BCUT2D eigenvalue weighted by Crippen LogP contribution is 2.27. The number of nitrogens with zero attached hydrogens (tertiary/aromatic N) is 4. The van der Waals surface area contributed by atoms with Crippen molar-refractivity contribution in [3.05, 3.63) is 29.2 Å². The van der Waals surface area contributed by atoms with Crippen LogP contribution in [0.5, 0.6) is 0 Å². The molecular weight excluding hydrogens is 354 g/mol. The molecule has 0 aliphatic carbocycles. The predicted octanol–water partition coefficient (Wildman–Crippen LogP) is 2.06. The van der Waals surface area contributed by atoms with Crippen LogP contribution in [0.15, 0.2) is 12.1 Å². The quantitative estimate of drug-likeness (QED) is 0.880. The Labute approximate surface area is 153 Å². The highest BCUT2D eigenvalue weighted by Gasteiger charge is 2.31. The zero-order chi connectivity index (χ0) is 19.3. The lowest BCUT2D eigenvalue weighted by Crippen LogP contribution is -2.25. The van der Waals surface area contributed by atoms with Crippen molar-refractivity contribution in [3.8, 4) is 0 Å². The predicted molar refractivity (Wildman–Crippen MR) is 99.2 cm³/mol. The second-order valence-electron chi connectivity index (χ2n) is 7.88. The SMILES string of the molecule is Cc1cc(NC(=O)c2cc(C)n(C(C)(C)C)n2)n(C2CCS(=O)(=O)C2)n1. The minimum atomic E-state index is -3.04. The highest BCUT2D eigenvalue weighted by atomic mass is 32.2. The Morgan fingerprint density at radius 2 is 1.92 bits per heavy atom. The summed E-state index contributed by atoms with van der Waals surface area (Å²) in [6.07, 6.45) is 0.504. The maximum Gasteiger partial charge on any atom is 0.277 e. The van der Waals surface area contributed by atoms with Gasteiger partial charge in [-0.2, -0.15) is 10.2 Å². The van der Waals surface area contributed by atoms with Gasteiger partial charge in [0.15, 0.2) is 15.5 Å². The van der Waals surface area contributed by atoms with Crippen molar-refractivity contribution in [1.82, 2.24) is 19.6 Å². The van der Waals surface area contributed by atoms with Crippen molar-refractivity contribution in [3.63, 3.8) is 0 Å². The summed E-state index contributed by atoms with van der Waals surface area (Å²) in [6, 6.07) is 3.24. The molecule has 8 nitrogen and oxygen atoms in total.